The highest BCUT2D eigenvalue weighted by atomic mass is 15.3. The lowest BCUT2D eigenvalue weighted by molar-refractivity contribution is 0.888. The van der Waals surface area contributed by atoms with Gasteiger partial charge in [0.2, 0.25) is 0 Å². The topological polar surface area (TPSA) is 105 Å². The maximum Gasteiger partial charge on any atom is 0.162 e. The van der Waals surface area contributed by atoms with E-state index < -0.39 is 0 Å². The number of anilines is 2. The highest BCUT2D eigenvalue weighted by Crippen LogP contribution is 2.24. The monoisotopic (exact) mass is 335 g/mol. The summed E-state index contributed by atoms with van der Waals surface area (Å²) in [5.74, 6) is 0.803. The van der Waals surface area contributed by atoms with Crippen LogP contribution in [0.15, 0.2) is 18.2 Å². The molecule has 3 aromatic rings. The van der Waals surface area contributed by atoms with Gasteiger partial charge in [0.05, 0.1) is 5.69 Å². The van der Waals surface area contributed by atoms with Crippen LogP contribution in [-0.2, 0) is 12.8 Å². The quantitative estimate of drug-likeness (QED) is 0.742. The largest absolute Gasteiger partial charge is 0.382 e. The lowest BCUT2D eigenvalue weighted by Crippen LogP contribution is -2.13. The zero-order valence-corrected chi connectivity index (χ0v) is 14.7. The molecule has 0 saturated heterocycles. The highest BCUT2D eigenvalue weighted by molar-refractivity contribution is 5.69. The van der Waals surface area contributed by atoms with Gasteiger partial charge < -0.3 is 11.1 Å². The number of rotatable bonds is 5. The van der Waals surface area contributed by atoms with Crippen molar-refractivity contribution < 1.29 is 0 Å². The third kappa shape index (κ3) is 3.11. The maximum absolute atomic E-state index is 9.48. The lowest BCUT2D eigenvalue weighted by Gasteiger charge is -2.10. The molecule has 0 radical (unpaired) electrons. The van der Waals surface area contributed by atoms with E-state index in [4.69, 9.17) is 5.73 Å². The SMILES string of the molecule is CCc1nn2c(N)c(C#N)c(NCCc3cccc(C)n3)nc2c1C. The van der Waals surface area contributed by atoms with Crippen LogP contribution in [0.25, 0.3) is 5.65 Å². The van der Waals surface area contributed by atoms with E-state index in [0.29, 0.717) is 29.4 Å². The van der Waals surface area contributed by atoms with E-state index in [1.54, 1.807) is 4.52 Å². The highest BCUT2D eigenvalue weighted by Gasteiger charge is 2.17. The van der Waals surface area contributed by atoms with Gasteiger partial charge in [-0.2, -0.15) is 14.9 Å². The van der Waals surface area contributed by atoms with Gasteiger partial charge in [-0.15, -0.1) is 0 Å². The van der Waals surface area contributed by atoms with E-state index in [-0.39, 0.29) is 0 Å². The summed E-state index contributed by atoms with van der Waals surface area (Å²) in [6.45, 7) is 6.58. The van der Waals surface area contributed by atoms with E-state index in [0.717, 1.165) is 35.5 Å². The number of aromatic nitrogens is 4. The molecule has 3 rings (SSSR count). The number of nitrogen functional groups attached to an aromatic ring is 1. The van der Waals surface area contributed by atoms with Crippen molar-refractivity contribution in [1.29, 1.82) is 5.26 Å². The molecule has 0 atom stereocenters. The van der Waals surface area contributed by atoms with Gasteiger partial charge in [-0.3, -0.25) is 4.98 Å². The molecule has 0 bridgehead atoms. The molecule has 3 aromatic heterocycles. The summed E-state index contributed by atoms with van der Waals surface area (Å²) < 4.78 is 1.56. The van der Waals surface area contributed by atoms with Crippen LogP contribution >= 0.6 is 0 Å². The molecule has 0 aliphatic carbocycles. The van der Waals surface area contributed by atoms with Crippen LogP contribution in [0, 0.1) is 25.2 Å². The second-order valence-electron chi connectivity index (χ2n) is 5.94. The maximum atomic E-state index is 9.48. The van der Waals surface area contributed by atoms with Crippen molar-refractivity contribution in [1.82, 2.24) is 19.6 Å². The zero-order valence-electron chi connectivity index (χ0n) is 14.7. The van der Waals surface area contributed by atoms with E-state index >= 15 is 0 Å². The van der Waals surface area contributed by atoms with Crippen LogP contribution in [0.3, 0.4) is 0 Å². The summed E-state index contributed by atoms with van der Waals surface area (Å²) in [5, 5.41) is 17.2. The zero-order chi connectivity index (χ0) is 18.0. The minimum absolute atomic E-state index is 0.312. The third-order valence-corrected chi connectivity index (χ3v) is 4.19. The Balaban J connectivity index is 1.90. The number of pyridine rings is 1. The van der Waals surface area contributed by atoms with Gasteiger partial charge in [0.1, 0.15) is 23.3 Å². The molecule has 0 saturated carbocycles. The molecule has 0 aliphatic heterocycles. The molecule has 0 aromatic carbocycles. The number of aryl methyl sites for hydroxylation is 3. The number of nitriles is 1. The molecular formula is C18H21N7. The van der Waals surface area contributed by atoms with Crippen molar-refractivity contribution in [3.05, 3.63) is 46.4 Å². The number of hydrogen-bond acceptors (Lipinski definition) is 6. The molecule has 0 spiro atoms. The Labute approximate surface area is 146 Å². The predicted molar refractivity (Wildman–Crippen MR) is 97.4 cm³/mol. The molecule has 0 aliphatic rings. The molecule has 25 heavy (non-hydrogen) atoms. The average Bonchev–Trinajstić information content (AvgIpc) is 2.92. The summed E-state index contributed by atoms with van der Waals surface area (Å²) in [4.78, 5) is 9.07. The van der Waals surface area contributed by atoms with Crippen LogP contribution in [0.2, 0.25) is 0 Å². The van der Waals surface area contributed by atoms with Gasteiger partial charge in [-0.05, 0) is 32.4 Å². The van der Waals surface area contributed by atoms with Crippen molar-refractivity contribution in [3.63, 3.8) is 0 Å². The molecule has 3 N–H and O–H groups in total. The number of hydrogen-bond donors (Lipinski definition) is 2. The van der Waals surface area contributed by atoms with Gasteiger partial charge in [-0.25, -0.2) is 4.98 Å². The second kappa shape index (κ2) is 6.77. The predicted octanol–water partition coefficient (Wildman–Crippen LogP) is 2.41. The van der Waals surface area contributed by atoms with E-state index in [9.17, 15) is 5.26 Å². The summed E-state index contributed by atoms with van der Waals surface area (Å²) in [5.41, 5.74) is 11.1. The van der Waals surface area contributed by atoms with E-state index in [1.165, 1.54) is 0 Å². The molecule has 3 heterocycles. The van der Waals surface area contributed by atoms with Gasteiger partial charge in [-0.1, -0.05) is 13.0 Å². The van der Waals surface area contributed by atoms with Gasteiger partial charge in [0.25, 0.3) is 0 Å². The average molecular weight is 335 g/mol. The Bertz CT molecular complexity index is 966. The molecule has 7 nitrogen and oxygen atoms in total. The van der Waals surface area contributed by atoms with Crippen molar-refractivity contribution in [2.45, 2.75) is 33.6 Å². The molecular weight excluding hydrogens is 314 g/mol. The van der Waals surface area contributed by atoms with Crippen molar-refractivity contribution >= 4 is 17.3 Å². The van der Waals surface area contributed by atoms with E-state index in [2.05, 4.69) is 26.5 Å². The Morgan fingerprint density at radius 1 is 1.28 bits per heavy atom. The molecule has 7 heteroatoms. The third-order valence-electron chi connectivity index (χ3n) is 4.19. The first kappa shape index (κ1) is 16.7. The van der Waals surface area contributed by atoms with Gasteiger partial charge >= 0.3 is 0 Å². The Morgan fingerprint density at radius 3 is 2.76 bits per heavy atom. The number of nitrogens with zero attached hydrogens (tertiary/aromatic N) is 5. The first-order valence-corrected chi connectivity index (χ1v) is 8.29. The minimum Gasteiger partial charge on any atom is -0.382 e. The van der Waals surface area contributed by atoms with Crippen LogP contribution in [-0.4, -0.2) is 26.1 Å². The van der Waals surface area contributed by atoms with Gasteiger partial charge in [0.15, 0.2) is 5.65 Å². The van der Waals surface area contributed by atoms with Gasteiger partial charge in [0, 0.05) is 29.9 Å². The molecule has 0 amide bonds. The Hall–Kier alpha value is -3.14. The van der Waals surface area contributed by atoms with Crippen LogP contribution in [0.5, 0.6) is 0 Å². The number of fused-ring (bicyclic) bond motifs is 1. The molecule has 0 fully saturated rings. The molecule has 0 unspecified atom stereocenters. The first-order chi connectivity index (χ1) is 12.0. The summed E-state index contributed by atoms with van der Waals surface area (Å²) >= 11 is 0. The standard InChI is InChI=1S/C18H21N7/c1-4-15-12(3)18-23-17(14(10-19)16(20)25(18)24-15)21-9-8-13-7-5-6-11(2)22-13/h5-7H,4,8-9,20H2,1-3H3,(H,21,23). The first-order valence-electron chi connectivity index (χ1n) is 8.29. The fourth-order valence-electron chi connectivity index (χ4n) is 2.84. The Morgan fingerprint density at radius 2 is 2.08 bits per heavy atom. The minimum atomic E-state index is 0.312. The summed E-state index contributed by atoms with van der Waals surface area (Å²) in [6.07, 6.45) is 1.52. The fraction of sp³-hybridized carbons (Fsp3) is 0.333. The number of nitrogens with two attached hydrogens (primary N) is 1. The summed E-state index contributed by atoms with van der Waals surface area (Å²) in [6, 6.07) is 8.08. The normalized spacial score (nSPS) is 10.8. The van der Waals surface area contributed by atoms with Crippen LogP contribution < -0.4 is 11.1 Å². The van der Waals surface area contributed by atoms with Crippen molar-refractivity contribution in [2.75, 3.05) is 17.6 Å². The van der Waals surface area contributed by atoms with E-state index in [1.807, 2.05) is 39.0 Å². The number of nitrogens with one attached hydrogen (secondary N) is 1. The second-order valence-corrected chi connectivity index (χ2v) is 5.94. The lowest BCUT2D eigenvalue weighted by atomic mass is 10.2. The summed E-state index contributed by atoms with van der Waals surface area (Å²) in [7, 11) is 0. The van der Waals surface area contributed by atoms with Crippen LogP contribution in [0.4, 0.5) is 11.6 Å². The Kier molecular flexibility index (Phi) is 4.52. The smallest absolute Gasteiger partial charge is 0.162 e. The molecule has 128 valence electrons. The fourth-order valence-corrected chi connectivity index (χ4v) is 2.84. The van der Waals surface area contributed by atoms with Crippen LogP contribution in [0.1, 0.15) is 35.1 Å². The van der Waals surface area contributed by atoms with Crippen molar-refractivity contribution in [3.8, 4) is 6.07 Å². The van der Waals surface area contributed by atoms with Crippen molar-refractivity contribution in [2.24, 2.45) is 0 Å².